The molecule has 0 fully saturated rings. The number of benzene rings is 3. The molecule has 0 unspecified atom stereocenters. The van der Waals surface area contributed by atoms with Gasteiger partial charge in [-0.05, 0) is 88.0 Å². The minimum Gasteiger partial charge on any atom is -0.506 e. The Morgan fingerprint density at radius 3 is 2.71 bits per heavy atom. The van der Waals surface area contributed by atoms with E-state index in [1.807, 2.05) is 65.9 Å². The Labute approximate surface area is 227 Å². The second-order valence-corrected chi connectivity index (χ2v) is 10.6. The summed E-state index contributed by atoms with van der Waals surface area (Å²) in [6.07, 6.45) is 1.40. The molecule has 1 amide bonds. The van der Waals surface area contributed by atoms with Crippen molar-refractivity contribution in [2.45, 2.75) is 12.1 Å². The van der Waals surface area contributed by atoms with Crippen molar-refractivity contribution in [1.29, 1.82) is 0 Å². The molecular formula is C24H18I2N4O3S. The summed E-state index contributed by atoms with van der Waals surface area (Å²) in [5.74, 6) is -0.250. The van der Waals surface area contributed by atoms with Crippen molar-refractivity contribution in [3.05, 3.63) is 89.3 Å². The number of aryl methyl sites for hydroxylation is 1. The summed E-state index contributed by atoms with van der Waals surface area (Å²) in [4.78, 5) is 30.4. The fourth-order valence-electron chi connectivity index (χ4n) is 3.26. The van der Waals surface area contributed by atoms with Crippen molar-refractivity contribution in [3.63, 3.8) is 0 Å². The normalized spacial score (nSPS) is 11.3. The van der Waals surface area contributed by atoms with E-state index in [1.165, 1.54) is 6.21 Å². The van der Waals surface area contributed by atoms with E-state index in [2.05, 4.69) is 38.1 Å². The molecule has 3 aromatic carbocycles. The Hall–Kier alpha value is -2.45. The summed E-state index contributed by atoms with van der Waals surface area (Å²) in [5.41, 5.74) is 5.00. The average molecular weight is 696 g/mol. The quantitative estimate of drug-likeness (QED) is 0.0989. The predicted molar refractivity (Wildman–Crippen MR) is 152 cm³/mol. The second-order valence-electron chi connectivity index (χ2n) is 7.25. The molecule has 172 valence electrons. The van der Waals surface area contributed by atoms with Crippen LogP contribution in [0.2, 0.25) is 0 Å². The first-order valence-corrected chi connectivity index (χ1v) is 13.2. The summed E-state index contributed by atoms with van der Waals surface area (Å²) in [5, 5.41) is 15.0. The van der Waals surface area contributed by atoms with Crippen LogP contribution in [0.15, 0.2) is 75.7 Å². The molecule has 0 spiro atoms. The van der Waals surface area contributed by atoms with Crippen LogP contribution in [-0.2, 0) is 4.79 Å². The molecule has 34 heavy (non-hydrogen) atoms. The van der Waals surface area contributed by atoms with Gasteiger partial charge in [-0.15, -0.1) is 0 Å². The van der Waals surface area contributed by atoms with Gasteiger partial charge in [-0.2, -0.15) is 5.10 Å². The maximum atomic E-state index is 13.3. The van der Waals surface area contributed by atoms with Gasteiger partial charge in [0.25, 0.3) is 11.5 Å². The molecule has 0 saturated heterocycles. The molecular weight excluding hydrogens is 678 g/mol. The van der Waals surface area contributed by atoms with Gasteiger partial charge in [0.2, 0.25) is 0 Å². The summed E-state index contributed by atoms with van der Waals surface area (Å²) in [6, 6.07) is 18.3. The van der Waals surface area contributed by atoms with Crippen LogP contribution in [0, 0.1) is 14.1 Å². The predicted octanol–water partition coefficient (Wildman–Crippen LogP) is 4.85. The van der Waals surface area contributed by atoms with Gasteiger partial charge in [0.15, 0.2) is 5.16 Å². The highest BCUT2D eigenvalue weighted by molar-refractivity contribution is 14.1. The van der Waals surface area contributed by atoms with E-state index in [1.54, 1.807) is 28.8 Å². The molecule has 4 rings (SSSR count). The van der Waals surface area contributed by atoms with Crippen LogP contribution >= 0.6 is 56.9 Å². The van der Waals surface area contributed by atoms with E-state index in [0.717, 1.165) is 26.6 Å². The largest absolute Gasteiger partial charge is 0.506 e. The van der Waals surface area contributed by atoms with Gasteiger partial charge in [0.1, 0.15) is 5.75 Å². The fourth-order valence-corrected chi connectivity index (χ4v) is 5.94. The number of carbonyl (C=O) groups is 1. The Morgan fingerprint density at radius 2 is 1.91 bits per heavy atom. The highest BCUT2D eigenvalue weighted by Crippen LogP contribution is 2.26. The number of thioether (sulfide) groups is 1. The van der Waals surface area contributed by atoms with Crippen molar-refractivity contribution in [2.75, 3.05) is 5.75 Å². The van der Waals surface area contributed by atoms with E-state index in [4.69, 9.17) is 0 Å². The third-order valence-electron chi connectivity index (χ3n) is 4.88. The lowest BCUT2D eigenvalue weighted by atomic mass is 10.2. The number of phenolic OH excluding ortho intramolecular Hbond substituents is 1. The number of phenols is 1. The van der Waals surface area contributed by atoms with Gasteiger partial charge in [-0.25, -0.2) is 10.4 Å². The minimum absolute atomic E-state index is 0.00381. The van der Waals surface area contributed by atoms with Crippen LogP contribution < -0.4 is 11.0 Å². The Balaban J connectivity index is 1.58. The topological polar surface area (TPSA) is 96.6 Å². The molecule has 0 radical (unpaired) electrons. The van der Waals surface area contributed by atoms with Crippen molar-refractivity contribution in [2.24, 2.45) is 5.10 Å². The third-order valence-corrected chi connectivity index (χ3v) is 7.27. The number of nitrogens with zero attached hydrogens (tertiary/aromatic N) is 3. The molecule has 0 bridgehead atoms. The summed E-state index contributed by atoms with van der Waals surface area (Å²) in [7, 11) is 0. The molecule has 0 saturated carbocycles. The number of aromatic hydroxyl groups is 1. The molecule has 0 aliphatic carbocycles. The van der Waals surface area contributed by atoms with E-state index in [0.29, 0.717) is 25.2 Å². The number of hydrogen-bond donors (Lipinski definition) is 2. The highest BCUT2D eigenvalue weighted by Gasteiger charge is 2.16. The smallest absolute Gasteiger partial charge is 0.266 e. The fraction of sp³-hybridized carbons (Fsp3) is 0.0833. The number of hydrogen-bond acceptors (Lipinski definition) is 6. The average Bonchev–Trinajstić information content (AvgIpc) is 2.81. The van der Waals surface area contributed by atoms with Crippen LogP contribution in [0.5, 0.6) is 5.75 Å². The number of nitrogens with one attached hydrogen (secondary N) is 1. The molecule has 1 aromatic heterocycles. The molecule has 0 aliphatic heterocycles. The lowest BCUT2D eigenvalue weighted by Gasteiger charge is -2.14. The van der Waals surface area contributed by atoms with Crippen molar-refractivity contribution >= 4 is 80.0 Å². The number of para-hydroxylation sites is 2. The van der Waals surface area contributed by atoms with Crippen molar-refractivity contribution in [1.82, 2.24) is 15.0 Å². The van der Waals surface area contributed by atoms with Crippen LogP contribution in [-0.4, -0.2) is 32.5 Å². The van der Waals surface area contributed by atoms with Crippen molar-refractivity contribution in [3.8, 4) is 11.4 Å². The van der Waals surface area contributed by atoms with E-state index >= 15 is 0 Å². The number of halogens is 2. The van der Waals surface area contributed by atoms with E-state index < -0.39 is 0 Å². The zero-order chi connectivity index (χ0) is 24.2. The molecule has 0 aliphatic rings. The standard InChI is InChI=1S/C24H18I2N4O3S/c1-14-6-2-5-9-20(14)30-23(33)17-7-3-4-8-19(17)28-24(30)34-13-21(31)29-27-12-15-10-16(25)11-18(26)22(15)32/h2-12,32H,13H2,1H3,(H,29,31). The second kappa shape index (κ2) is 10.9. The lowest BCUT2D eigenvalue weighted by molar-refractivity contribution is -0.118. The Morgan fingerprint density at radius 1 is 1.18 bits per heavy atom. The molecule has 4 aromatic rings. The number of fused-ring (bicyclic) bond motifs is 1. The first kappa shape index (κ1) is 24.7. The van der Waals surface area contributed by atoms with Gasteiger partial charge in [-0.3, -0.25) is 14.2 Å². The van der Waals surface area contributed by atoms with Crippen LogP contribution in [0.25, 0.3) is 16.6 Å². The van der Waals surface area contributed by atoms with Gasteiger partial charge >= 0.3 is 0 Å². The van der Waals surface area contributed by atoms with Crippen LogP contribution in [0.4, 0.5) is 0 Å². The number of carbonyl (C=O) groups excluding carboxylic acids is 1. The zero-order valence-corrected chi connectivity index (χ0v) is 23.0. The number of amides is 1. The minimum atomic E-state index is -0.361. The molecule has 7 nitrogen and oxygen atoms in total. The Bertz CT molecular complexity index is 1490. The van der Waals surface area contributed by atoms with Crippen LogP contribution in [0.1, 0.15) is 11.1 Å². The number of hydrazone groups is 1. The molecule has 1 heterocycles. The maximum absolute atomic E-state index is 13.3. The third kappa shape index (κ3) is 5.44. The Kier molecular flexibility index (Phi) is 7.88. The SMILES string of the molecule is Cc1ccccc1-n1c(SCC(=O)NN=Cc2cc(I)cc(I)c2O)nc2ccccc2c1=O. The summed E-state index contributed by atoms with van der Waals surface area (Å²) in [6.45, 7) is 1.92. The van der Waals surface area contributed by atoms with Gasteiger partial charge in [-0.1, -0.05) is 42.1 Å². The first-order valence-electron chi connectivity index (χ1n) is 10.1. The maximum Gasteiger partial charge on any atom is 0.266 e. The van der Waals surface area contributed by atoms with Gasteiger partial charge < -0.3 is 5.11 Å². The monoisotopic (exact) mass is 696 g/mol. The highest BCUT2D eigenvalue weighted by atomic mass is 127. The van der Waals surface area contributed by atoms with E-state index in [-0.39, 0.29) is 23.0 Å². The van der Waals surface area contributed by atoms with Crippen LogP contribution in [0.3, 0.4) is 0 Å². The number of rotatable bonds is 6. The van der Waals surface area contributed by atoms with Crippen molar-refractivity contribution < 1.29 is 9.90 Å². The number of aromatic nitrogens is 2. The molecule has 0 atom stereocenters. The first-order chi connectivity index (χ1) is 16.3. The lowest BCUT2D eigenvalue weighted by Crippen LogP contribution is -2.24. The summed E-state index contributed by atoms with van der Waals surface area (Å²) >= 11 is 5.34. The summed E-state index contributed by atoms with van der Waals surface area (Å²) < 4.78 is 3.19. The molecule has 2 N–H and O–H groups in total. The van der Waals surface area contributed by atoms with Gasteiger partial charge in [0, 0.05) is 9.13 Å². The van der Waals surface area contributed by atoms with Gasteiger partial charge in [0.05, 0.1) is 32.1 Å². The molecule has 10 heteroatoms. The zero-order valence-electron chi connectivity index (χ0n) is 17.8. The van der Waals surface area contributed by atoms with E-state index in [9.17, 15) is 14.7 Å².